The van der Waals surface area contributed by atoms with E-state index in [2.05, 4.69) is 15.5 Å². The maximum Gasteiger partial charge on any atom is 0.243 e. The molecule has 2 fully saturated rings. The fourth-order valence-electron chi connectivity index (χ4n) is 5.31. The Labute approximate surface area is 259 Å². The molecule has 2 amide bonds. The summed E-state index contributed by atoms with van der Waals surface area (Å²) in [6.45, 7) is 1.45. The summed E-state index contributed by atoms with van der Waals surface area (Å²) in [6.07, 6.45) is 6.32. The van der Waals surface area contributed by atoms with Crippen molar-refractivity contribution in [3.63, 3.8) is 0 Å². The van der Waals surface area contributed by atoms with Gasteiger partial charge in [0.1, 0.15) is 17.5 Å². The van der Waals surface area contributed by atoms with E-state index in [-0.39, 0.29) is 24.0 Å². The molecular formula is C32H45N3O5S2. The summed E-state index contributed by atoms with van der Waals surface area (Å²) < 4.78 is 16.7. The number of nitrogens with one attached hydrogen (secondary N) is 2. The Morgan fingerprint density at radius 2 is 1.76 bits per heavy atom. The predicted octanol–water partition coefficient (Wildman–Crippen LogP) is 4.93. The van der Waals surface area contributed by atoms with Crippen LogP contribution in [0.3, 0.4) is 0 Å². The van der Waals surface area contributed by atoms with Gasteiger partial charge < -0.3 is 24.8 Å². The average molecular weight is 616 g/mol. The second-order valence-corrected chi connectivity index (χ2v) is 13.1. The zero-order valence-electron chi connectivity index (χ0n) is 24.8. The maximum atomic E-state index is 13.5. The number of nitrogens with zero attached hydrogens (tertiary/aromatic N) is 1. The van der Waals surface area contributed by atoms with E-state index in [1.54, 1.807) is 37.7 Å². The van der Waals surface area contributed by atoms with Crippen LogP contribution in [-0.4, -0.2) is 85.4 Å². The molecule has 2 N–H and O–H groups in total. The van der Waals surface area contributed by atoms with Crippen molar-refractivity contribution in [1.29, 1.82) is 0 Å². The van der Waals surface area contributed by atoms with Crippen molar-refractivity contribution in [3.8, 4) is 11.5 Å². The molecule has 42 heavy (non-hydrogen) atoms. The lowest BCUT2D eigenvalue weighted by atomic mass is 9.91. The summed E-state index contributed by atoms with van der Waals surface area (Å²) in [5.74, 6) is 4.98. The third-order valence-corrected chi connectivity index (χ3v) is 10.1. The smallest absolute Gasteiger partial charge is 0.243 e. The van der Waals surface area contributed by atoms with Crippen molar-refractivity contribution in [1.82, 2.24) is 15.5 Å². The Hall–Kier alpha value is -2.24. The minimum absolute atomic E-state index is 0.104. The largest absolute Gasteiger partial charge is 0.457 e. The maximum absolute atomic E-state index is 13.5. The summed E-state index contributed by atoms with van der Waals surface area (Å²) in [6, 6.07) is 16.4. The minimum Gasteiger partial charge on any atom is -0.457 e. The molecule has 1 unspecified atom stereocenters. The van der Waals surface area contributed by atoms with E-state index >= 15 is 0 Å². The number of thioether (sulfide) groups is 2. The molecule has 0 aromatic heterocycles. The molecular weight excluding hydrogens is 571 g/mol. The highest BCUT2D eigenvalue weighted by molar-refractivity contribution is 7.99. The molecule has 0 bridgehead atoms. The number of hydrogen-bond acceptors (Lipinski definition) is 8. The molecule has 2 aliphatic rings. The van der Waals surface area contributed by atoms with Crippen molar-refractivity contribution < 1.29 is 23.8 Å². The average Bonchev–Trinajstić information content (AvgIpc) is 3.49. The van der Waals surface area contributed by atoms with Crippen molar-refractivity contribution >= 4 is 35.3 Å². The van der Waals surface area contributed by atoms with Crippen LogP contribution in [0, 0.1) is 5.92 Å². The molecule has 1 heterocycles. The lowest BCUT2D eigenvalue weighted by molar-refractivity contribution is -0.131. The van der Waals surface area contributed by atoms with Gasteiger partial charge in [-0.1, -0.05) is 49.6 Å². The quantitative estimate of drug-likeness (QED) is 0.275. The molecule has 1 saturated heterocycles. The number of methoxy groups -OCH3 is 2. The van der Waals surface area contributed by atoms with E-state index in [1.165, 1.54) is 32.1 Å². The number of carbonyl (C=O) groups excluding carboxylic acids is 2. The third-order valence-electron chi connectivity index (χ3n) is 7.77. The molecule has 2 aromatic rings. The number of benzene rings is 2. The first-order valence-electron chi connectivity index (χ1n) is 14.9. The van der Waals surface area contributed by atoms with E-state index in [0.717, 1.165) is 28.7 Å². The minimum atomic E-state index is -0.601. The summed E-state index contributed by atoms with van der Waals surface area (Å²) in [4.78, 5) is 29.0. The van der Waals surface area contributed by atoms with E-state index in [4.69, 9.17) is 14.2 Å². The Balaban J connectivity index is 1.33. The number of para-hydroxylation sites is 1. The fraction of sp³-hybridized carbons (Fsp3) is 0.562. The third kappa shape index (κ3) is 10.5. The SMILES string of the molecule is COCC(CN1CSC[C@H]1C(=O)N[C@@H](CSCC1CCCCC1)C(=O)NCc1ccc(Oc2ccccc2)cc1)OC. The molecule has 8 nitrogen and oxygen atoms in total. The summed E-state index contributed by atoms with van der Waals surface area (Å²) in [5, 5.41) is 6.16. The second kappa shape index (κ2) is 17.8. The van der Waals surface area contributed by atoms with Crippen molar-refractivity contribution in [3.05, 3.63) is 60.2 Å². The molecule has 1 aliphatic carbocycles. The molecule has 1 aliphatic heterocycles. The number of amides is 2. The van der Waals surface area contributed by atoms with E-state index in [9.17, 15) is 9.59 Å². The Bertz CT molecular complexity index is 1090. The topological polar surface area (TPSA) is 89.1 Å². The zero-order valence-corrected chi connectivity index (χ0v) is 26.4. The summed E-state index contributed by atoms with van der Waals surface area (Å²) in [5.41, 5.74) is 0.964. The van der Waals surface area contributed by atoms with Gasteiger partial charge in [-0.25, -0.2) is 0 Å². The first kappa shape index (κ1) is 32.7. The zero-order chi connectivity index (χ0) is 29.6. The van der Waals surface area contributed by atoms with Gasteiger partial charge in [0.05, 0.1) is 18.8 Å². The molecule has 10 heteroatoms. The van der Waals surface area contributed by atoms with Gasteiger partial charge in [-0.2, -0.15) is 11.8 Å². The number of rotatable bonds is 16. The molecule has 1 saturated carbocycles. The van der Waals surface area contributed by atoms with Crippen LogP contribution in [0.5, 0.6) is 11.5 Å². The Kier molecular flexibility index (Phi) is 13.8. The first-order valence-corrected chi connectivity index (χ1v) is 17.2. The van der Waals surface area contributed by atoms with Crippen LogP contribution >= 0.6 is 23.5 Å². The van der Waals surface area contributed by atoms with Crippen molar-refractivity contribution in [2.75, 3.05) is 50.5 Å². The number of carbonyl (C=O) groups is 2. The van der Waals surface area contributed by atoms with E-state index < -0.39 is 6.04 Å². The normalized spacial score (nSPS) is 19.2. The lowest BCUT2D eigenvalue weighted by Crippen LogP contribution is -2.54. The number of hydrogen-bond donors (Lipinski definition) is 2. The van der Waals surface area contributed by atoms with Crippen LogP contribution in [0.15, 0.2) is 54.6 Å². The van der Waals surface area contributed by atoms with Gasteiger partial charge in [0.25, 0.3) is 0 Å². The van der Waals surface area contributed by atoms with Crippen LogP contribution in [-0.2, 0) is 25.6 Å². The molecule has 3 atom stereocenters. The van der Waals surface area contributed by atoms with Crippen LogP contribution in [0.1, 0.15) is 37.7 Å². The van der Waals surface area contributed by atoms with Gasteiger partial charge >= 0.3 is 0 Å². The lowest BCUT2D eigenvalue weighted by Gasteiger charge is -2.28. The molecule has 4 rings (SSSR count). The highest BCUT2D eigenvalue weighted by atomic mass is 32.2. The van der Waals surface area contributed by atoms with Crippen LogP contribution in [0.4, 0.5) is 0 Å². The van der Waals surface area contributed by atoms with Gasteiger partial charge in [0.2, 0.25) is 11.8 Å². The van der Waals surface area contributed by atoms with Gasteiger partial charge in [-0.3, -0.25) is 14.5 Å². The van der Waals surface area contributed by atoms with Gasteiger partial charge in [0, 0.05) is 44.7 Å². The molecule has 230 valence electrons. The predicted molar refractivity (Wildman–Crippen MR) is 171 cm³/mol. The highest BCUT2D eigenvalue weighted by Gasteiger charge is 2.35. The van der Waals surface area contributed by atoms with E-state index in [0.29, 0.717) is 37.1 Å². The van der Waals surface area contributed by atoms with Gasteiger partial charge in [-0.15, -0.1) is 11.8 Å². The first-order chi connectivity index (χ1) is 20.6. The second-order valence-electron chi connectivity index (χ2n) is 11.0. The molecule has 0 radical (unpaired) electrons. The Morgan fingerprint density at radius 1 is 1.02 bits per heavy atom. The fourth-order valence-corrected chi connectivity index (χ4v) is 7.79. The van der Waals surface area contributed by atoms with Gasteiger partial charge in [0.15, 0.2) is 0 Å². The number of ether oxygens (including phenoxy) is 3. The van der Waals surface area contributed by atoms with Crippen LogP contribution in [0.25, 0.3) is 0 Å². The summed E-state index contributed by atoms with van der Waals surface area (Å²) >= 11 is 3.50. The van der Waals surface area contributed by atoms with Crippen LogP contribution < -0.4 is 15.4 Å². The van der Waals surface area contributed by atoms with Crippen molar-refractivity contribution in [2.45, 2.75) is 56.8 Å². The Morgan fingerprint density at radius 3 is 2.48 bits per heavy atom. The molecule has 0 spiro atoms. The standard InChI is InChI=1S/C32H45N3O5S2/c1-38-19-28(39-2)18-35-23-42-22-30(35)32(37)34-29(21-41-20-25-9-5-3-6-10-25)31(36)33-17-24-13-15-27(16-14-24)40-26-11-7-4-8-12-26/h4,7-8,11-16,25,28-30H,3,5-6,9-10,17-23H2,1-2H3,(H,33,36)(H,34,37)/t28?,29-,30-/m0/s1. The van der Waals surface area contributed by atoms with Gasteiger partial charge in [-0.05, 0) is 54.3 Å². The molecule has 2 aromatic carbocycles. The monoisotopic (exact) mass is 615 g/mol. The van der Waals surface area contributed by atoms with Crippen molar-refractivity contribution in [2.24, 2.45) is 5.92 Å². The summed E-state index contributed by atoms with van der Waals surface area (Å²) in [7, 11) is 3.31. The highest BCUT2D eigenvalue weighted by Crippen LogP contribution is 2.27. The van der Waals surface area contributed by atoms with Crippen LogP contribution in [0.2, 0.25) is 0 Å². The van der Waals surface area contributed by atoms with E-state index in [1.807, 2.05) is 54.6 Å².